The molecule has 7 heteroatoms. The molecule has 2 aromatic carbocycles. The number of rotatable bonds is 7. The molecule has 146 valence electrons. The van der Waals surface area contributed by atoms with E-state index < -0.39 is 10.0 Å². The fraction of sp³-hybridized carbons (Fsp3) is 0.350. The molecule has 0 spiro atoms. The third-order valence-corrected chi connectivity index (χ3v) is 5.59. The number of ether oxygens (including phenoxy) is 1. The van der Waals surface area contributed by atoms with E-state index in [1.165, 1.54) is 12.1 Å². The maximum absolute atomic E-state index is 12.7. The molecule has 6 nitrogen and oxygen atoms in total. The lowest BCUT2D eigenvalue weighted by molar-refractivity contribution is 0.102. The molecule has 0 aliphatic heterocycles. The Bertz CT molecular complexity index is 917. The Hall–Kier alpha value is -2.38. The molecule has 1 amide bonds. The second kappa shape index (κ2) is 8.54. The van der Waals surface area contributed by atoms with Gasteiger partial charge in [0.05, 0.1) is 6.61 Å². The molecule has 27 heavy (non-hydrogen) atoms. The van der Waals surface area contributed by atoms with Crippen molar-refractivity contribution < 1.29 is 17.9 Å². The van der Waals surface area contributed by atoms with Crippen LogP contribution in [-0.2, 0) is 10.0 Å². The molecule has 0 radical (unpaired) electrons. The van der Waals surface area contributed by atoms with E-state index in [2.05, 4.69) is 10.0 Å². The Kier molecular flexibility index (Phi) is 6.62. The summed E-state index contributed by atoms with van der Waals surface area (Å²) in [5, 5.41) is 2.87. The highest BCUT2D eigenvalue weighted by Crippen LogP contribution is 2.27. The van der Waals surface area contributed by atoms with Crippen LogP contribution in [0.4, 0.5) is 5.69 Å². The predicted molar refractivity (Wildman–Crippen MR) is 107 cm³/mol. The quantitative estimate of drug-likeness (QED) is 0.756. The minimum absolute atomic E-state index is 0.0489. The van der Waals surface area contributed by atoms with Crippen molar-refractivity contribution in [3.63, 3.8) is 0 Å². The zero-order valence-electron chi connectivity index (χ0n) is 16.3. The van der Waals surface area contributed by atoms with Crippen LogP contribution in [-0.4, -0.2) is 27.0 Å². The average molecular weight is 391 g/mol. The van der Waals surface area contributed by atoms with Crippen LogP contribution in [0.15, 0.2) is 41.3 Å². The molecule has 0 fully saturated rings. The first-order valence-electron chi connectivity index (χ1n) is 8.82. The third kappa shape index (κ3) is 5.08. The summed E-state index contributed by atoms with van der Waals surface area (Å²) in [4.78, 5) is 12.7. The van der Waals surface area contributed by atoms with Crippen LogP contribution in [0.3, 0.4) is 0 Å². The highest BCUT2D eigenvalue weighted by atomic mass is 32.2. The molecule has 0 aliphatic rings. The standard InChI is InChI=1S/C20H26N2O4S/c1-6-26-17-11-10-16(12-18(17)27(24,25)22-13(2)3)20(23)21-19-14(4)8-7-9-15(19)5/h7-13,22H,6H2,1-5H3,(H,21,23). The third-order valence-electron chi connectivity index (χ3n) is 3.91. The average Bonchev–Trinajstić information content (AvgIpc) is 2.57. The number of nitrogens with one attached hydrogen (secondary N) is 2. The summed E-state index contributed by atoms with van der Waals surface area (Å²) in [6, 6.07) is 9.86. The molecular weight excluding hydrogens is 364 g/mol. The summed E-state index contributed by atoms with van der Waals surface area (Å²) in [7, 11) is -3.81. The summed E-state index contributed by atoms with van der Waals surface area (Å²) in [5.74, 6) is -0.161. The van der Waals surface area contributed by atoms with Crippen molar-refractivity contribution in [3.8, 4) is 5.75 Å². The molecule has 2 rings (SSSR count). The van der Waals surface area contributed by atoms with Crippen molar-refractivity contribution in [1.29, 1.82) is 0 Å². The minimum atomic E-state index is -3.81. The van der Waals surface area contributed by atoms with Crippen LogP contribution >= 0.6 is 0 Å². The highest BCUT2D eigenvalue weighted by Gasteiger charge is 2.23. The van der Waals surface area contributed by atoms with E-state index in [4.69, 9.17) is 4.74 Å². The molecule has 0 heterocycles. The molecule has 2 aromatic rings. The van der Waals surface area contributed by atoms with Crippen LogP contribution in [0.5, 0.6) is 5.75 Å². The molecule has 0 bridgehead atoms. The van der Waals surface area contributed by atoms with Gasteiger partial charge in [-0.25, -0.2) is 13.1 Å². The predicted octanol–water partition coefficient (Wildman–Crippen LogP) is 3.64. The summed E-state index contributed by atoms with van der Waals surface area (Å²) in [5.41, 5.74) is 2.83. The fourth-order valence-corrected chi connectivity index (χ4v) is 4.13. The van der Waals surface area contributed by atoms with E-state index in [1.54, 1.807) is 26.8 Å². The highest BCUT2D eigenvalue weighted by molar-refractivity contribution is 7.89. The number of amides is 1. The van der Waals surface area contributed by atoms with Crippen LogP contribution in [0, 0.1) is 13.8 Å². The van der Waals surface area contributed by atoms with Gasteiger partial charge in [0.25, 0.3) is 5.91 Å². The van der Waals surface area contributed by atoms with Crippen molar-refractivity contribution >= 4 is 21.6 Å². The normalized spacial score (nSPS) is 11.5. The lowest BCUT2D eigenvalue weighted by atomic mass is 10.1. The minimum Gasteiger partial charge on any atom is -0.492 e. The largest absolute Gasteiger partial charge is 0.492 e. The maximum Gasteiger partial charge on any atom is 0.255 e. The number of carbonyl (C=O) groups is 1. The van der Waals surface area contributed by atoms with Gasteiger partial charge in [-0.15, -0.1) is 0 Å². The topological polar surface area (TPSA) is 84.5 Å². The Morgan fingerprint density at radius 3 is 2.30 bits per heavy atom. The van der Waals surface area contributed by atoms with Gasteiger partial charge in [-0.05, 0) is 63.9 Å². The number of hydrogen-bond donors (Lipinski definition) is 2. The fourth-order valence-electron chi connectivity index (χ4n) is 2.71. The van der Waals surface area contributed by atoms with E-state index in [0.717, 1.165) is 16.8 Å². The second-order valence-corrected chi connectivity index (χ2v) is 8.27. The van der Waals surface area contributed by atoms with E-state index >= 15 is 0 Å². The van der Waals surface area contributed by atoms with Gasteiger partial charge in [-0.2, -0.15) is 0 Å². The Balaban J connectivity index is 2.43. The van der Waals surface area contributed by atoms with Crippen molar-refractivity contribution in [1.82, 2.24) is 4.72 Å². The van der Waals surface area contributed by atoms with Crippen molar-refractivity contribution in [3.05, 3.63) is 53.1 Å². The zero-order chi connectivity index (χ0) is 20.2. The van der Waals surface area contributed by atoms with Crippen molar-refractivity contribution in [2.45, 2.75) is 45.6 Å². The van der Waals surface area contributed by atoms with Gasteiger partial charge in [-0.3, -0.25) is 4.79 Å². The first-order chi connectivity index (χ1) is 12.7. The van der Waals surface area contributed by atoms with Gasteiger partial charge >= 0.3 is 0 Å². The Morgan fingerprint density at radius 1 is 1.11 bits per heavy atom. The molecule has 0 saturated heterocycles. The molecular formula is C20H26N2O4S. The summed E-state index contributed by atoms with van der Waals surface area (Å²) >= 11 is 0. The van der Waals surface area contributed by atoms with Crippen molar-refractivity contribution in [2.75, 3.05) is 11.9 Å². The monoisotopic (exact) mass is 390 g/mol. The molecule has 2 N–H and O–H groups in total. The van der Waals surface area contributed by atoms with E-state index in [-0.39, 0.29) is 28.2 Å². The van der Waals surface area contributed by atoms with Gasteiger partial charge < -0.3 is 10.1 Å². The molecule has 0 aromatic heterocycles. The first kappa shape index (κ1) is 20.9. The van der Waals surface area contributed by atoms with Gasteiger partial charge in [0.15, 0.2) is 0 Å². The number of benzene rings is 2. The zero-order valence-corrected chi connectivity index (χ0v) is 17.1. The number of aryl methyl sites for hydroxylation is 2. The van der Waals surface area contributed by atoms with Gasteiger partial charge in [0.2, 0.25) is 10.0 Å². The van der Waals surface area contributed by atoms with Gasteiger partial charge in [-0.1, -0.05) is 18.2 Å². The summed E-state index contributed by atoms with van der Waals surface area (Å²) < 4.78 is 33.3. The van der Waals surface area contributed by atoms with Gasteiger partial charge in [0, 0.05) is 17.3 Å². The Labute approximate surface area is 161 Å². The van der Waals surface area contributed by atoms with Gasteiger partial charge in [0.1, 0.15) is 10.6 Å². The van der Waals surface area contributed by atoms with E-state index in [1.807, 2.05) is 32.0 Å². The maximum atomic E-state index is 12.7. The van der Waals surface area contributed by atoms with Crippen LogP contribution in [0.1, 0.15) is 42.3 Å². The second-order valence-electron chi connectivity index (χ2n) is 6.59. The lowest BCUT2D eigenvalue weighted by Gasteiger charge is -2.16. The number of carbonyl (C=O) groups excluding carboxylic acids is 1. The molecule has 0 atom stereocenters. The summed E-state index contributed by atoms with van der Waals surface area (Å²) in [6.45, 7) is 9.36. The number of sulfonamides is 1. The van der Waals surface area contributed by atoms with Crippen LogP contribution < -0.4 is 14.8 Å². The molecule has 0 aliphatic carbocycles. The first-order valence-corrected chi connectivity index (χ1v) is 10.3. The lowest BCUT2D eigenvalue weighted by Crippen LogP contribution is -2.30. The van der Waals surface area contributed by atoms with Crippen molar-refractivity contribution in [2.24, 2.45) is 0 Å². The number of para-hydroxylation sites is 1. The molecule has 0 unspecified atom stereocenters. The van der Waals surface area contributed by atoms with Crippen LogP contribution in [0.2, 0.25) is 0 Å². The number of hydrogen-bond acceptors (Lipinski definition) is 4. The number of anilines is 1. The summed E-state index contributed by atoms with van der Waals surface area (Å²) in [6.07, 6.45) is 0. The van der Waals surface area contributed by atoms with E-state index in [0.29, 0.717) is 6.61 Å². The van der Waals surface area contributed by atoms with E-state index in [9.17, 15) is 13.2 Å². The smallest absolute Gasteiger partial charge is 0.255 e. The van der Waals surface area contributed by atoms with Crippen LogP contribution in [0.25, 0.3) is 0 Å². The SMILES string of the molecule is CCOc1ccc(C(=O)Nc2c(C)cccc2C)cc1S(=O)(=O)NC(C)C. The molecule has 0 saturated carbocycles. The Morgan fingerprint density at radius 2 is 1.74 bits per heavy atom.